The van der Waals surface area contributed by atoms with Crippen molar-refractivity contribution in [3.05, 3.63) is 40.7 Å². The number of likely N-dealkylation sites (tertiary alicyclic amines) is 1. The Kier molecular flexibility index (Phi) is 4.55. The largest absolute Gasteiger partial charge is 0.342 e. The molecule has 1 aliphatic heterocycles. The molecule has 0 radical (unpaired) electrons. The third kappa shape index (κ3) is 3.32. The van der Waals surface area contributed by atoms with Crippen LogP contribution in [0.3, 0.4) is 0 Å². The summed E-state index contributed by atoms with van der Waals surface area (Å²) in [5.41, 5.74) is 0.728. The molecule has 1 amide bonds. The van der Waals surface area contributed by atoms with Crippen molar-refractivity contribution >= 4 is 16.8 Å². The van der Waals surface area contributed by atoms with E-state index in [1.165, 1.54) is 31.9 Å². The van der Waals surface area contributed by atoms with E-state index in [0.29, 0.717) is 24.3 Å². The number of nitrogens with zero attached hydrogens (tertiary/aromatic N) is 3. The number of carbonyl (C=O) groups is 1. The lowest BCUT2D eigenvalue weighted by molar-refractivity contribution is -0.134. The van der Waals surface area contributed by atoms with Crippen molar-refractivity contribution in [2.75, 3.05) is 13.1 Å². The van der Waals surface area contributed by atoms with Gasteiger partial charge in [0.2, 0.25) is 11.3 Å². The van der Waals surface area contributed by atoms with E-state index < -0.39 is 0 Å². The topological polar surface area (TPSA) is 55.2 Å². The van der Waals surface area contributed by atoms with Gasteiger partial charge in [-0.05, 0) is 36.8 Å². The van der Waals surface area contributed by atoms with Crippen LogP contribution in [0.2, 0.25) is 0 Å². The molecule has 1 saturated carbocycles. The van der Waals surface area contributed by atoms with Crippen molar-refractivity contribution in [3.8, 4) is 0 Å². The standard InChI is InChI=1S/C20H25N3O2/c24-19-13-21-23(18-8-4-3-7-17(18)19)12-10-20(25)22-11-9-15-5-1-2-6-16(15)14-22/h3-4,7-8,13,15-16H,1-2,5-6,9-12,14H2/t15-,16+/m1/s1. The van der Waals surface area contributed by atoms with Gasteiger partial charge in [-0.15, -0.1) is 0 Å². The minimum Gasteiger partial charge on any atom is -0.342 e. The summed E-state index contributed by atoms with van der Waals surface area (Å²) in [5, 5.41) is 4.88. The minimum atomic E-state index is -0.0717. The Labute approximate surface area is 147 Å². The average molecular weight is 339 g/mol. The Morgan fingerprint density at radius 1 is 1.12 bits per heavy atom. The number of aromatic nitrogens is 2. The Bertz CT molecular complexity index is 829. The molecular formula is C20H25N3O2. The van der Waals surface area contributed by atoms with Crippen LogP contribution in [-0.4, -0.2) is 33.7 Å². The van der Waals surface area contributed by atoms with Gasteiger partial charge in [0, 0.05) is 24.9 Å². The Morgan fingerprint density at radius 3 is 2.80 bits per heavy atom. The van der Waals surface area contributed by atoms with E-state index in [1.54, 1.807) is 4.68 Å². The monoisotopic (exact) mass is 339 g/mol. The summed E-state index contributed by atoms with van der Waals surface area (Å²) in [6, 6.07) is 7.45. The van der Waals surface area contributed by atoms with Gasteiger partial charge in [0.1, 0.15) is 0 Å². The first kappa shape index (κ1) is 16.3. The van der Waals surface area contributed by atoms with Crippen LogP contribution in [0.15, 0.2) is 35.3 Å². The van der Waals surface area contributed by atoms with Crippen molar-refractivity contribution in [2.45, 2.75) is 45.1 Å². The number of amides is 1. The molecule has 0 N–H and O–H groups in total. The molecule has 132 valence electrons. The predicted molar refractivity (Wildman–Crippen MR) is 97.3 cm³/mol. The quantitative estimate of drug-likeness (QED) is 0.864. The third-order valence-corrected chi connectivity index (χ3v) is 5.94. The molecule has 2 heterocycles. The molecule has 0 bridgehead atoms. The molecule has 5 nitrogen and oxygen atoms in total. The second kappa shape index (κ2) is 6.98. The van der Waals surface area contributed by atoms with Gasteiger partial charge in [-0.2, -0.15) is 5.10 Å². The first-order valence-corrected chi connectivity index (χ1v) is 9.45. The van der Waals surface area contributed by atoms with Crippen molar-refractivity contribution in [3.63, 3.8) is 0 Å². The maximum atomic E-state index is 12.7. The van der Waals surface area contributed by atoms with Gasteiger partial charge in [0.25, 0.3) is 0 Å². The molecule has 2 fully saturated rings. The maximum Gasteiger partial charge on any atom is 0.224 e. The van der Waals surface area contributed by atoms with E-state index >= 15 is 0 Å². The molecule has 1 saturated heterocycles. The van der Waals surface area contributed by atoms with Gasteiger partial charge in [0.15, 0.2) is 0 Å². The molecule has 2 aliphatic rings. The van der Waals surface area contributed by atoms with Crippen molar-refractivity contribution in [2.24, 2.45) is 11.8 Å². The van der Waals surface area contributed by atoms with E-state index in [2.05, 4.69) is 10.00 Å². The third-order valence-electron chi connectivity index (χ3n) is 5.94. The smallest absolute Gasteiger partial charge is 0.224 e. The number of piperidine rings is 1. The zero-order chi connectivity index (χ0) is 17.2. The highest BCUT2D eigenvalue weighted by molar-refractivity contribution is 5.79. The average Bonchev–Trinajstić information content (AvgIpc) is 2.67. The number of carbonyl (C=O) groups excluding carboxylic acids is 1. The van der Waals surface area contributed by atoms with E-state index in [4.69, 9.17) is 0 Å². The fourth-order valence-corrected chi connectivity index (χ4v) is 4.53. The molecule has 4 rings (SSSR count). The second-order valence-electron chi connectivity index (χ2n) is 7.43. The van der Waals surface area contributed by atoms with Crippen molar-refractivity contribution < 1.29 is 4.79 Å². The van der Waals surface area contributed by atoms with Crippen molar-refractivity contribution in [1.82, 2.24) is 14.7 Å². The summed E-state index contributed by atoms with van der Waals surface area (Å²) in [6.07, 6.45) is 8.25. The van der Waals surface area contributed by atoms with E-state index in [9.17, 15) is 9.59 Å². The van der Waals surface area contributed by atoms with Crippen LogP contribution in [0.1, 0.15) is 38.5 Å². The maximum absolute atomic E-state index is 12.7. The van der Waals surface area contributed by atoms with Crippen LogP contribution < -0.4 is 5.43 Å². The van der Waals surface area contributed by atoms with Gasteiger partial charge >= 0.3 is 0 Å². The summed E-state index contributed by atoms with van der Waals surface area (Å²) < 4.78 is 1.78. The number of hydrogen-bond donors (Lipinski definition) is 0. The van der Waals surface area contributed by atoms with Crippen molar-refractivity contribution in [1.29, 1.82) is 0 Å². The first-order chi connectivity index (χ1) is 12.2. The summed E-state index contributed by atoms with van der Waals surface area (Å²) in [7, 11) is 0. The fraction of sp³-hybridized carbons (Fsp3) is 0.550. The normalized spacial score (nSPS) is 23.4. The van der Waals surface area contributed by atoms with Gasteiger partial charge in [-0.25, -0.2) is 0 Å². The molecule has 2 aromatic rings. The summed E-state index contributed by atoms with van der Waals surface area (Å²) >= 11 is 0. The number of hydrogen-bond acceptors (Lipinski definition) is 3. The Hall–Kier alpha value is -2.17. The predicted octanol–water partition coefficient (Wildman–Crippen LogP) is 2.83. The summed E-state index contributed by atoms with van der Waals surface area (Å²) in [6.45, 7) is 2.35. The molecule has 0 unspecified atom stereocenters. The number of benzene rings is 1. The highest BCUT2D eigenvalue weighted by Gasteiger charge is 2.32. The lowest BCUT2D eigenvalue weighted by Crippen LogP contribution is -2.45. The molecule has 25 heavy (non-hydrogen) atoms. The molecule has 0 spiro atoms. The van der Waals surface area contributed by atoms with Crippen LogP contribution in [-0.2, 0) is 11.3 Å². The van der Waals surface area contributed by atoms with Gasteiger partial charge < -0.3 is 4.90 Å². The summed E-state index contributed by atoms with van der Waals surface area (Å²) in [5.74, 6) is 1.76. The van der Waals surface area contributed by atoms with Crippen LogP contribution >= 0.6 is 0 Å². The lowest BCUT2D eigenvalue weighted by atomic mass is 9.75. The zero-order valence-corrected chi connectivity index (χ0v) is 14.6. The number of rotatable bonds is 3. The lowest BCUT2D eigenvalue weighted by Gasteiger charge is -2.41. The van der Waals surface area contributed by atoms with E-state index in [0.717, 1.165) is 30.9 Å². The highest BCUT2D eigenvalue weighted by atomic mass is 16.2. The first-order valence-electron chi connectivity index (χ1n) is 9.45. The van der Waals surface area contributed by atoms with Gasteiger partial charge in [-0.1, -0.05) is 31.4 Å². The second-order valence-corrected chi connectivity index (χ2v) is 7.43. The van der Waals surface area contributed by atoms with Crippen LogP contribution in [0.25, 0.3) is 10.9 Å². The van der Waals surface area contributed by atoms with Crippen LogP contribution in [0, 0.1) is 11.8 Å². The number of para-hydroxylation sites is 1. The molecule has 1 aromatic carbocycles. The van der Waals surface area contributed by atoms with Crippen LogP contribution in [0.5, 0.6) is 0 Å². The molecule has 1 aliphatic carbocycles. The Morgan fingerprint density at radius 2 is 1.92 bits per heavy atom. The molecule has 2 atom stereocenters. The van der Waals surface area contributed by atoms with Crippen LogP contribution in [0.4, 0.5) is 0 Å². The van der Waals surface area contributed by atoms with Gasteiger partial charge in [-0.3, -0.25) is 14.3 Å². The van der Waals surface area contributed by atoms with E-state index in [-0.39, 0.29) is 11.3 Å². The Balaban J connectivity index is 1.42. The zero-order valence-electron chi connectivity index (χ0n) is 14.6. The number of fused-ring (bicyclic) bond motifs is 2. The van der Waals surface area contributed by atoms with E-state index in [1.807, 2.05) is 24.3 Å². The highest BCUT2D eigenvalue weighted by Crippen LogP contribution is 2.36. The SMILES string of the molecule is O=C(CCn1ncc(=O)c2ccccc21)N1CC[C@H]2CCCC[C@H]2C1. The fourth-order valence-electron chi connectivity index (χ4n) is 4.53. The summed E-state index contributed by atoms with van der Waals surface area (Å²) in [4.78, 5) is 26.6. The molecule has 5 heteroatoms. The molecule has 1 aromatic heterocycles. The number of aryl methyl sites for hydroxylation is 1. The van der Waals surface area contributed by atoms with Gasteiger partial charge in [0.05, 0.1) is 18.3 Å². The molecular weight excluding hydrogens is 314 g/mol. The minimum absolute atomic E-state index is 0.0717.